The number of nitrogens with one attached hydrogen (secondary N) is 1. The topological polar surface area (TPSA) is 12.0 Å². The van der Waals surface area contributed by atoms with Gasteiger partial charge in [-0.3, -0.25) is 0 Å². The van der Waals surface area contributed by atoms with Crippen molar-refractivity contribution >= 4 is 0 Å². The molecule has 0 aliphatic heterocycles. The number of rotatable bonds is 23. The third kappa shape index (κ3) is 21.0. The standard InChI is InChI=1S/C28H59N/c1-6-8-10-12-14-16-18-20-22-27(5)24-29-25-28(26(3)4)23-21-19-17-15-13-11-9-7-2/h26-29H,6-25H2,1-5H3. The van der Waals surface area contributed by atoms with Crippen LogP contribution < -0.4 is 5.32 Å². The first-order chi connectivity index (χ1) is 14.1. The maximum atomic E-state index is 3.82. The lowest BCUT2D eigenvalue weighted by atomic mass is 9.89. The van der Waals surface area contributed by atoms with E-state index < -0.39 is 0 Å². The number of hydrogen-bond donors (Lipinski definition) is 1. The molecule has 1 heteroatoms. The van der Waals surface area contributed by atoms with Crippen molar-refractivity contribution in [2.75, 3.05) is 13.1 Å². The van der Waals surface area contributed by atoms with Gasteiger partial charge in [0.1, 0.15) is 0 Å². The third-order valence-electron chi connectivity index (χ3n) is 6.82. The smallest absolute Gasteiger partial charge is 0.00180 e. The van der Waals surface area contributed by atoms with Gasteiger partial charge in [0, 0.05) is 0 Å². The summed E-state index contributed by atoms with van der Waals surface area (Å²) in [5.74, 6) is 2.52. The van der Waals surface area contributed by atoms with Gasteiger partial charge in [-0.15, -0.1) is 0 Å². The van der Waals surface area contributed by atoms with Gasteiger partial charge >= 0.3 is 0 Å². The van der Waals surface area contributed by atoms with E-state index in [0.29, 0.717) is 0 Å². The molecule has 0 aromatic heterocycles. The zero-order valence-electron chi connectivity index (χ0n) is 21.4. The quantitative estimate of drug-likeness (QED) is 0.166. The lowest BCUT2D eigenvalue weighted by molar-refractivity contribution is 0.317. The van der Waals surface area contributed by atoms with E-state index in [2.05, 4.69) is 39.9 Å². The molecule has 0 heterocycles. The van der Waals surface area contributed by atoms with Crippen molar-refractivity contribution in [3.05, 3.63) is 0 Å². The van der Waals surface area contributed by atoms with Gasteiger partial charge in [-0.25, -0.2) is 0 Å². The fourth-order valence-electron chi connectivity index (χ4n) is 4.46. The Kier molecular flexibility index (Phi) is 22.6. The van der Waals surface area contributed by atoms with Crippen LogP contribution in [0, 0.1) is 17.8 Å². The Balaban J connectivity index is 3.59. The fourth-order valence-corrected chi connectivity index (χ4v) is 4.46. The van der Waals surface area contributed by atoms with Crippen molar-refractivity contribution in [1.82, 2.24) is 5.32 Å². The molecule has 0 aromatic rings. The normalized spacial score (nSPS) is 13.9. The summed E-state index contributed by atoms with van der Waals surface area (Å²) in [5.41, 5.74) is 0. The first-order valence-corrected chi connectivity index (χ1v) is 13.8. The fraction of sp³-hybridized carbons (Fsp3) is 1.00. The third-order valence-corrected chi connectivity index (χ3v) is 6.82. The van der Waals surface area contributed by atoms with Crippen molar-refractivity contribution in [2.45, 2.75) is 150 Å². The number of hydrogen-bond acceptors (Lipinski definition) is 1. The number of unbranched alkanes of at least 4 members (excludes halogenated alkanes) is 14. The minimum Gasteiger partial charge on any atom is -0.316 e. The second kappa shape index (κ2) is 22.6. The van der Waals surface area contributed by atoms with Crippen molar-refractivity contribution in [1.29, 1.82) is 0 Å². The minimum absolute atomic E-state index is 0.815. The van der Waals surface area contributed by atoms with Crippen molar-refractivity contribution in [3.8, 4) is 0 Å². The summed E-state index contributed by atoms with van der Waals surface area (Å²) in [6.07, 6.45) is 25.8. The highest BCUT2D eigenvalue weighted by atomic mass is 14.9. The van der Waals surface area contributed by atoms with Crippen LogP contribution in [0.1, 0.15) is 150 Å². The van der Waals surface area contributed by atoms with Gasteiger partial charge in [-0.05, 0) is 43.7 Å². The molecule has 0 spiro atoms. The Hall–Kier alpha value is -0.0400. The predicted molar refractivity (Wildman–Crippen MR) is 135 cm³/mol. The SMILES string of the molecule is CCCCCCCCCCC(C)CNCC(CCCCCCCCCC)C(C)C. The highest BCUT2D eigenvalue weighted by Gasteiger charge is 2.13. The van der Waals surface area contributed by atoms with Gasteiger partial charge < -0.3 is 5.32 Å². The Morgan fingerprint density at radius 3 is 1.34 bits per heavy atom. The molecule has 0 saturated heterocycles. The van der Waals surface area contributed by atoms with Crippen LogP contribution in [0.2, 0.25) is 0 Å². The first kappa shape index (κ1) is 29.0. The lowest BCUT2D eigenvalue weighted by Crippen LogP contribution is -2.29. The Morgan fingerprint density at radius 1 is 0.483 bits per heavy atom. The molecule has 0 aromatic carbocycles. The Labute approximate surface area is 186 Å². The summed E-state index contributed by atoms with van der Waals surface area (Å²) in [5, 5.41) is 3.82. The van der Waals surface area contributed by atoms with Crippen molar-refractivity contribution in [2.24, 2.45) is 17.8 Å². The summed E-state index contributed by atoms with van der Waals surface area (Å²) in [7, 11) is 0. The largest absolute Gasteiger partial charge is 0.316 e. The minimum atomic E-state index is 0.815. The monoisotopic (exact) mass is 409 g/mol. The Morgan fingerprint density at radius 2 is 0.897 bits per heavy atom. The average molecular weight is 410 g/mol. The van der Waals surface area contributed by atoms with Crippen LogP contribution in [0.25, 0.3) is 0 Å². The highest BCUT2D eigenvalue weighted by Crippen LogP contribution is 2.20. The Bertz CT molecular complexity index is 299. The second-order valence-electron chi connectivity index (χ2n) is 10.3. The average Bonchev–Trinajstić information content (AvgIpc) is 2.70. The molecule has 2 atom stereocenters. The molecule has 0 rings (SSSR count). The zero-order chi connectivity index (χ0) is 21.6. The van der Waals surface area contributed by atoms with E-state index in [1.165, 1.54) is 129 Å². The summed E-state index contributed by atoms with van der Waals surface area (Å²) < 4.78 is 0. The summed E-state index contributed by atoms with van der Waals surface area (Å²) >= 11 is 0. The van der Waals surface area contributed by atoms with E-state index >= 15 is 0 Å². The second-order valence-corrected chi connectivity index (χ2v) is 10.3. The van der Waals surface area contributed by atoms with E-state index in [-0.39, 0.29) is 0 Å². The molecular formula is C28H59N. The summed E-state index contributed by atoms with van der Waals surface area (Å²) in [6.45, 7) is 14.3. The molecule has 0 amide bonds. The molecule has 1 N–H and O–H groups in total. The van der Waals surface area contributed by atoms with Crippen molar-refractivity contribution in [3.63, 3.8) is 0 Å². The van der Waals surface area contributed by atoms with Gasteiger partial charge in [0.25, 0.3) is 0 Å². The van der Waals surface area contributed by atoms with Gasteiger partial charge in [0.2, 0.25) is 0 Å². The van der Waals surface area contributed by atoms with Gasteiger partial charge in [-0.1, -0.05) is 137 Å². The van der Waals surface area contributed by atoms with E-state index in [1.54, 1.807) is 0 Å². The van der Waals surface area contributed by atoms with Crippen LogP contribution >= 0.6 is 0 Å². The highest BCUT2D eigenvalue weighted by molar-refractivity contribution is 4.68. The van der Waals surface area contributed by atoms with Crippen LogP contribution in [-0.2, 0) is 0 Å². The van der Waals surface area contributed by atoms with Gasteiger partial charge in [-0.2, -0.15) is 0 Å². The summed E-state index contributed by atoms with van der Waals surface area (Å²) in [4.78, 5) is 0. The summed E-state index contributed by atoms with van der Waals surface area (Å²) in [6, 6.07) is 0. The molecule has 0 aliphatic carbocycles. The van der Waals surface area contributed by atoms with Crippen LogP contribution in [0.5, 0.6) is 0 Å². The molecule has 1 nitrogen and oxygen atoms in total. The maximum absolute atomic E-state index is 3.82. The van der Waals surface area contributed by atoms with Crippen LogP contribution in [0.4, 0.5) is 0 Å². The van der Waals surface area contributed by atoms with E-state index in [0.717, 1.165) is 17.8 Å². The lowest BCUT2D eigenvalue weighted by Gasteiger charge is -2.22. The van der Waals surface area contributed by atoms with E-state index in [1.807, 2.05) is 0 Å². The maximum Gasteiger partial charge on any atom is -0.00180 e. The molecule has 176 valence electrons. The van der Waals surface area contributed by atoms with E-state index in [9.17, 15) is 0 Å². The van der Waals surface area contributed by atoms with Crippen LogP contribution in [0.15, 0.2) is 0 Å². The van der Waals surface area contributed by atoms with Gasteiger partial charge in [0.15, 0.2) is 0 Å². The molecule has 0 radical (unpaired) electrons. The first-order valence-electron chi connectivity index (χ1n) is 13.8. The van der Waals surface area contributed by atoms with Crippen molar-refractivity contribution < 1.29 is 0 Å². The molecule has 0 aliphatic rings. The molecule has 2 unspecified atom stereocenters. The molecule has 0 saturated carbocycles. The molecule has 29 heavy (non-hydrogen) atoms. The molecular weight excluding hydrogens is 350 g/mol. The van der Waals surface area contributed by atoms with Gasteiger partial charge in [0.05, 0.1) is 0 Å². The van der Waals surface area contributed by atoms with Crippen LogP contribution in [-0.4, -0.2) is 13.1 Å². The zero-order valence-corrected chi connectivity index (χ0v) is 21.4. The van der Waals surface area contributed by atoms with E-state index in [4.69, 9.17) is 0 Å². The molecule has 0 bridgehead atoms. The van der Waals surface area contributed by atoms with Crippen LogP contribution in [0.3, 0.4) is 0 Å². The predicted octanol–water partition coefficient (Wildman–Crippen LogP) is 9.55. The molecule has 0 fully saturated rings.